The van der Waals surface area contributed by atoms with Gasteiger partial charge in [-0.1, -0.05) is 13.3 Å². The van der Waals surface area contributed by atoms with Crippen LogP contribution in [0.3, 0.4) is 0 Å². The summed E-state index contributed by atoms with van der Waals surface area (Å²) in [7, 11) is 0. The molecule has 0 radical (unpaired) electrons. The predicted molar refractivity (Wildman–Crippen MR) is 83.0 cm³/mol. The zero-order valence-electron chi connectivity index (χ0n) is 12.5. The van der Waals surface area contributed by atoms with Gasteiger partial charge < -0.3 is 19.9 Å². The largest absolute Gasteiger partial charge is 0.389 e. The van der Waals surface area contributed by atoms with Crippen LogP contribution in [0.25, 0.3) is 0 Å². The highest BCUT2D eigenvalue weighted by Crippen LogP contribution is 1.97. The lowest BCUT2D eigenvalue weighted by Crippen LogP contribution is -2.31. The molecular weight excluding hydrogens is 262 g/mol. The fourth-order valence-electron chi connectivity index (χ4n) is 1.51. The van der Waals surface area contributed by atoms with Gasteiger partial charge in [0.2, 0.25) is 0 Å². The molecular formula is C14H31NO3S. The van der Waals surface area contributed by atoms with Gasteiger partial charge in [-0.2, -0.15) is 11.8 Å². The Balaban J connectivity index is 3.10. The molecule has 0 aliphatic heterocycles. The molecule has 0 aliphatic carbocycles. The number of aliphatic hydroxyl groups is 1. The number of unbranched alkanes of at least 4 members (excludes halogenated alkanes) is 2. The van der Waals surface area contributed by atoms with Crippen molar-refractivity contribution in [2.75, 3.05) is 51.5 Å². The van der Waals surface area contributed by atoms with Gasteiger partial charge in [-0.25, -0.2) is 0 Å². The average Bonchev–Trinajstić information content (AvgIpc) is 2.41. The molecule has 5 heteroatoms. The van der Waals surface area contributed by atoms with Gasteiger partial charge in [-0.3, -0.25) is 0 Å². The lowest BCUT2D eigenvalue weighted by atomic mass is 10.3. The van der Waals surface area contributed by atoms with Crippen molar-refractivity contribution in [2.45, 2.75) is 38.7 Å². The Bertz CT molecular complexity index is 173. The molecule has 116 valence electrons. The monoisotopic (exact) mass is 293 g/mol. The van der Waals surface area contributed by atoms with Crippen LogP contribution in [0.4, 0.5) is 0 Å². The Morgan fingerprint density at radius 2 is 1.89 bits per heavy atom. The van der Waals surface area contributed by atoms with Gasteiger partial charge in [-0.15, -0.1) is 0 Å². The van der Waals surface area contributed by atoms with Gasteiger partial charge in [0.15, 0.2) is 0 Å². The maximum atomic E-state index is 9.66. The summed E-state index contributed by atoms with van der Waals surface area (Å²) in [5.41, 5.74) is 0. The second-order valence-electron chi connectivity index (χ2n) is 4.60. The molecule has 0 fully saturated rings. The highest BCUT2D eigenvalue weighted by molar-refractivity contribution is 7.98. The molecule has 0 rings (SSSR count). The second-order valence-corrected chi connectivity index (χ2v) is 5.58. The SMILES string of the molecule is CCCCOCCOCC(O)CNCCCCSC. The number of hydrogen-bond donors (Lipinski definition) is 2. The fourth-order valence-corrected chi connectivity index (χ4v) is 2.00. The quantitative estimate of drug-likeness (QED) is 0.452. The van der Waals surface area contributed by atoms with E-state index in [1.807, 2.05) is 11.8 Å². The zero-order valence-corrected chi connectivity index (χ0v) is 13.3. The molecule has 0 amide bonds. The minimum Gasteiger partial charge on any atom is -0.389 e. The molecule has 0 aromatic rings. The Morgan fingerprint density at radius 1 is 1.11 bits per heavy atom. The van der Waals surface area contributed by atoms with E-state index in [0.29, 0.717) is 26.4 Å². The standard InChI is InChI=1S/C14H31NO3S/c1-3-4-8-17-9-10-18-13-14(16)12-15-7-5-6-11-19-2/h14-16H,3-13H2,1-2H3. The maximum absolute atomic E-state index is 9.66. The highest BCUT2D eigenvalue weighted by atomic mass is 32.2. The summed E-state index contributed by atoms with van der Waals surface area (Å²) < 4.78 is 10.7. The first kappa shape index (κ1) is 19.2. The van der Waals surface area contributed by atoms with Crippen molar-refractivity contribution in [2.24, 2.45) is 0 Å². The van der Waals surface area contributed by atoms with Crippen molar-refractivity contribution in [3.8, 4) is 0 Å². The van der Waals surface area contributed by atoms with Crippen LogP contribution in [0, 0.1) is 0 Å². The smallest absolute Gasteiger partial charge is 0.0897 e. The minimum atomic E-state index is -0.420. The van der Waals surface area contributed by atoms with Crippen molar-refractivity contribution >= 4 is 11.8 Å². The first-order valence-electron chi connectivity index (χ1n) is 7.34. The van der Waals surface area contributed by atoms with Gasteiger partial charge in [0, 0.05) is 13.2 Å². The number of ether oxygens (including phenoxy) is 2. The minimum absolute atomic E-state index is 0.384. The van der Waals surface area contributed by atoms with E-state index in [1.165, 1.54) is 18.6 Å². The van der Waals surface area contributed by atoms with E-state index in [1.54, 1.807) is 0 Å². The van der Waals surface area contributed by atoms with Crippen LogP contribution in [0.5, 0.6) is 0 Å². The normalized spacial score (nSPS) is 12.8. The second kappa shape index (κ2) is 16.2. The van der Waals surface area contributed by atoms with Crippen LogP contribution in [-0.4, -0.2) is 62.7 Å². The van der Waals surface area contributed by atoms with E-state index >= 15 is 0 Å². The Labute approximate surface area is 122 Å². The highest BCUT2D eigenvalue weighted by Gasteiger charge is 2.03. The van der Waals surface area contributed by atoms with Crippen LogP contribution in [0.2, 0.25) is 0 Å². The van der Waals surface area contributed by atoms with Crippen molar-refractivity contribution in [1.82, 2.24) is 5.32 Å². The third kappa shape index (κ3) is 16.1. The van der Waals surface area contributed by atoms with Crippen molar-refractivity contribution in [3.63, 3.8) is 0 Å². The molecule has 1 unspecified atom stereocenters. The third-order valence-electron chi connectivity index (χ3n) is 2.66. The first-order valence-corrected chi connectivity index (χ1v) is 8.73. The van der Waals surface area contributed by atoms with E-state index in [0.717, 1.165) is 26.0 Å². The summed E-state index contributed by atoms with van der Waals surface area (Å²) in [6.07, 6.45) is 6.36. The van der Waals surface area contributed by atoms with Gasteiger partial charge in [0.1, 0.15) is 0 Å². The van der Waals surface area contributed by atoms with E-state index in [9.17, 15) is 5.11 Å². The van der Waals surface area contributed by atoms with E-state index in [-0.39, 0.29) is 0 Å². The lowest BCUT2D eigenvalue weighted by Gasteiger charge is -2.12. The van der Waals surface area contributed by atoms with Crippen LogP contribution >= 0.6 is 11.8 Å². The molecule has 0 aromatic heterocycles. The van der Waals surface area contributed by atoms with Crippen molar-refractivity contribution in [1.29, 1.82) is 0 Å². The molecule has 0 aromatic carbocycles. The molecule has 0 bridgehead atoms. The lowest BCUT2D eigenvalue weighted by molar-refractivity contribution is 0.00397. The van der Waals surface area contributed by atoms with Crippen molar-refractivity contribution in [3.05, 3.63) is 0 Å². The summed E-state index contributed by atoms with van der Waals surface area (Å²) in [6, 6.07) is 0. The molecule has 0 saturated carbocycles. The summed E-state index contributed by atoms with van der Waals surface area (Å²) >= 11 is 1.88. The predicted octanol–water partition coefficient (Wildman–Crippen LogP) is 1.91. The number of aliphatic hydroxyl groups excluding tert-OH is 1. The Morgan fingerprint density at radius 3 is 2.63 bits per heavy atom. The Hall–Kier alpha value is 0.190. The maximum Gasteiger partial charge on any atom is 0.0897 e. The number of nitrogens with one attached hydrogen (secondary N) is 1. The van der Waals surface area contributed by atoms with E-state index in [4.69, 9.17) is 9.47 Å². The van der Waals surface area contributed by atoms with Crippen LogP contribution in [-0.2, 0) is 9.47 Å². The number of thioether (sulfide) groups is 1. The molecule has 0 spiro atoms. The molecule has 1 atom stereocenters. The van der Waals surface area contributed by atoms with Gasteiger partial charge in [0.25, 0.3) is 0 Å². The Kier molecular flexibility index (Phi) is 16.4. The van der Waals surface area contributed by atoms with Gasteiger partial charge in [-0.05, 0) is 37.8 Å². The molecule has 2 N–H and O–H groups in total. The zero-order chi connectivity index (χ0) is 14.2. The first-order chi connectivity index (χ1) is 9.31. The van der Waals surface area contributed by atoms with Crippen LogP contribution in [0.15, 0.2) is 0 Å². The fraction of sp³-hybridized carbons (Fsp3) is 1.00. The number of hydrogen-bond acceptors (Lipinski definition) is 5. The topological polar surface area (TPSA) is 50.7 Å². The summed E-state index contributed by atoms with van der Waals surface area (Å²) in [4.78, 5) is 0. The van der Waals surface area contributed by atoms with E-state index < -0.39 is 6.10 Å². The molecule has 0 saturated heterocycles. The molecule has 19 heavy (non-hydrogen) atoms. The molecule has 0 aliphatic rings. The van der Waals surface area contributed by atoms with Crippen molar-refractivity contribution < 1.29 is 14.6 Å². The van der Waals surface area contributed by atoms with E-state index in [2.05, 4.69) is 18.5 Å². The van der Waals surface area contributed by atoms with Gasteiger partial charge in [0.05, 0.1) is 25.9 Å². The summed E-state index contributed by atoms with van der Waals surface area (Å²) in [5, 5.41) is 12.9. The average molecular weight is 293 g/mol. The van der Waals surface area contributed by atoms with Gasteiger partial charge >= 0.3 is 0 Å². The summed E-state index contributed by atoms with van der Waals surface area (Å²) in [5.74, 6) is 1.21. The van der Waals surface area contributed by atoms with Crippen LogP contribution in [0.1, 0.15) is 32.6 Å². The summed E-state index contributed by atoms with van der Waals surface area (Å²) in [6.45, 7) is 6.09. The molecule has 4 nitrogen and oxygen atoms in total. The third-order valence-corrected chi connectivity index (χ3v) is 3.35. The number of rotatable bonds is 15. The molecule has 0 heterocycles. The van der Waals surface area contributed by atoms with Crippen LogP contribution < -0.4 is 5.32 Å².